The Balaban J connectivity index is 1.82. The van der Waals surface area contributed by atoms with Crippen LogP contribution in [0.3, 0.4) is 0 Å². The maximum absolute atomic E-state index is 12.2. The Labute approximate surface area is 152 Å². The van der Waals surface area contributed by atoms with Crippen LogP contribution in [0.1, 0.15) is 43.7 Å². The van der Waals surface area contributed by atoms with Gasteiger partial charge in [0.25, 0.3) is 0 Å². The lowest BCUT2D eigenvalue weighted by Crippen LogP contribution is -2.15. The molecule has 2 aromatic rings. The highest BCUT2D eigenvalue weighted by Crippen LogP contribution is 2.27. The maximum Gasteiger partial charge on any atom is 0.224 e. The number of halogens is 1. The number of amides is 1. The second kappa shape index (κ2) is 8.88. The van der Waals surface area contributed by atoms with E-state index in [1.807, 2.05) is 43.3 Å². The molecule has 0 aliphatic carbocycles. The van der Waals surface area contributed by atoms with Gasteiger partial charge in [0.05, 0.1) is 6.61 Å². The van der Waals surface area contributed by atoms with Crippen LogP contribution in [0.2, 0.25) is 0 Å². The quantitative estimate of drug-likeness (QED) is 0.618. The molecule has 0 aliphatic rings. The minimum absolute atomic E-state index is 0.0330. The molecular weight excluding hydrogens is 366 g/mol. The topological polar surface area (TPSA) is 38.3 Å². The Kier molecular flexibility index (Phi) is 6.85. The molecule has 0 aliphatic heterocycles. The Bertz CT molecular complexity index is 681. The zero-order valence-corrected chi connectivity index (χ0v) is 16.0. The number of benzene rings is 2. The van der Waals surface area contributed by atoms with E-state index < -0.39 is 0 Å². The van der Waals surface area contributed by atoms with Crippen LogP contribution in [0, 0.1) is 6.92 Å². The van der Waals surface area contributed by atoms with Crippen LogP contribution in [0.25, 0.3) is 0 Å². The summed E-state index contributed by atoms with van der Waals surface area (Å²) >= 11 is 3.39. The van der Waals surface area contributed by atoms with Gasteiger partial charge in [0.15, 0.2) is 0 Å². The number of hydrogen-bond donors (Lipinski definition) is 1. The third kappa shape index (κ3) is 5.38. The van der Waals surface area contributed by atoms with E-state index >= 15 is 0 Å². The van der Waals surface area contributed by atoms with Gasteiger partial charge in [-0.3, -0.25) is 4.79 Å². The molecular formula is C20H24BrNO2. The molecule has 0 saturated heterocycles. The van der Waals surface area contributed by atoms with E-state index in [4.69, 9.17) is 4.74 Å². The average molecular weight is 390 g/mol. The van der Waals surface area contributed by atoms with Gasteiger partial charge in [0.1, 0.15) is 5.75 Å². The SMILES string of the molecule is Cc1cccc(C(C)C)c1NC(=O)CCCOc1ccc(Br)cc1. The number of aryl methyl sites for hydroxylation is 1. The number of nitrogens with one attached hydrogen (secondary N) is 1. The van der Waals surface area contributed by atoms with Crippen LogP contribution in [-0.2, 0) is 4.79 Å². The zero-order valence-electron chi connectivity index (χ0n) is 14.4. The van der Waals surface area contributed by atoms with Gasteiger partial charge in [0, 0.05) is 16.6 Å². The first kappa shape index (κ1) is 18.5. The van der Waals surface area contributed by atoms with Gasteiger partial charge in [-0.25, -0.2) is 0 Å². The molecule has 0 heterocycles. The Morgan fingerprint density at radius 2 is 1.88 bits per heavy atom. The second-order valence-corrected chi connectivity index (χ2v) is 7.06. The van der Waals surface area contributed by atoms with Crippen molar-refractivity contribution in [3.63, 3.8) is 0 Å². The number of anilines is 1. The van der Waals surface area contributed by atoms with Crippen LogP contribution < -0.4 is 10.1 Å². The molecule has 2 rings (SSSR count). The third-order valence-corrected chi connectivity index (χ3v) is 4.35. The van der Waals surface area contributed by atoms with Crippen LogP contribution in [0.5, 0.6) is 5.75 Å². The van der Waals surface area contributed by atoms with E-state index in [1.54, 1.807) is 0 Å². The Morgan fingerprint density at radius 3 is 2.54 bits per heavy atom. The number of ether oxygens (including phenoxy) is 1. The van der Waals surface area contributed by atoms with Crippen molar-refractivity contribution in [2.45, 2.75) is 39.5 Å². The van der Waals surface area contributed by atoms with Crippen LogP contribution in [0.4, 0.5) is 5.69 Å². The lowest BCUT2D eigenvalue weighted by Gasteiger charge is -2.16. The molecule has 4 heteroatoms. The number of carbonyl (C=O) groups is 1. The first-order chi connectivity index (χ1) is 11.5. The number of para-hydroxylation sites is 1. The van der Waals surface area contributed by atoms with E-state index in [0.717, 1.165) is 21.5 Å². The van der Waals surface area contributed by atoms with Gasteiger partial charge in [-0.05, 0) is 54.7 Å². The molecule has 0 bridgehead atoms. The second-order valence-electron chi connectivity index (χ2n) is 6.15. The van der Waals surface area contributed by atoms with Crippen LogP contribution in [-0.4, -0.2) is 12.5 Å². The van der Waals surface area contributed by atoms with E-state index in [2.05, 4.69) is 41.2 Å². The minimum Gasteiger partial charge on any atom is -0.494 e. The highest BCUT2D eigenvalue weighted by atomic mass is 79.9. The van der Waals surface area contributed by atoms with Crippen molar-refractivity contribution >= 4 is 27.5 Å². The van der Waals surface area contributed by atoms with E-state index in [-0.39, 0.29) is 5.91 Å². The summed E-state index contributed by atoms with van der Waals surface area (Å²) in [6.45, 7) is 6.82. The molecule has 1 N–H and O–H groups in total. The molecule has 24 heavy (non-hydrogen) atoms. The van der Waals surface area contributed by atoms with Crippen molar-refractivity contribution in [1.29, 1.82) is 0 Å². The Morgan fingerprint density at radius 1 is 1.17 bits per heavy atom. The maximum atomic E-state index is 12.2. The van der Waals surface area contributed by atoms with Gasteiger partial charge < -0.3 is 10.1 Å². The van der Waals surface area contributed by atoms with Crippen molar-refractivity contribution in [2.75, 3.05) is 11.9 Å². The predicted molar refractivity (Wildman–Crippen MR) is 103 cm³/mol. The molecule has 128 valence electrons. The fourth-order valence-electron chi connectivity index (χ4n) is 2.50. The van der Waals surface area contributed by atoms with E-state index in [9.17, 15) is 4.79 Å². The summed E-state index contributed by atoms with van der Waals surface area (Å²) in [5, 5.41) is 3.07. The van der Waals surface area contributed by atoms with Crippen LogP contribution in [0.15, 0.2) is 46.9 Å². The number of carbonyl (C=O) groups excluding carboxylic acids is 1. The average Bonchev–Trinajstić information content (AvgIpc) is 2.55. The van der Waals surface area contributed by atoms with E-state index in [1.165, 1.54) is 5.56 Å². The minimum atomic E-state index is 0.0330. The third-order valence-electron chi connectivity index (χ3n) is 3.82. The first-order valence-corrected chi connectivity index (χ1v) is 9.04. The molecule has 0 spiro atoms. The normalized spacial score (nSPS) is 10.7. The molecule has 0 atom stereocenters. The van der Waals surface area contributed by atoms with Crippen molar-refractivity contribution in [2.24, 2.45) is 0 Å². The zero-order chi connectivity index (χ0) is 17.5. The lowest BCUT2D eigenvalue weighted by molar-refractivity contribution is -0.116. The van der Waals surface area contributed by atoms with Crippen LogP contribution >= 0.6 is 15.9 Å². The number of rotatable bonds is 7. The molecule has 0 unspecified atom stereocenters. The largest absolute Gasteiger partial charge is 0.494 e. The molecule has 2 aromatic carbocycles. The van der Waals surface area contributed by atoms with Crippen molar-refractivity contribution in [3.05, 3.63) is 58.1 Å². The summed E-state index contributed by atoms with van der Waals surface area (Å²) in [6.07, 6.45) is 1.13. The fraction of sp³-hybridized carbons (Fsp3) is 0.350. The highest BCUT2D eigenvalue weighted by molar-refractivity contribution is 9.10. The van der Waals surface area contributed by atoms with Gasteiger partial charge in [0.2, 0.25) is 5.91 Å². The highest BCUT2D eigenvalue weighted by Gasteiger charge is 2.11. The van der Waals surface area contributed by atoms with Crippen molar-refractivity contribution in [1.82, 2.24) is 0 Å². The molecule has 3 nitrogen and oxygen atoms in total. The summed E-state index contributed by atoms with van der Waals surface area (Å²) in [5.74, 6) is 1.23. The van der Waals surface area contributed by atoms with Gasteiger partial charge in [-0.15, -0.1) is 0 Å². The smallest absolute Gasteiger partial charge is 0.224 e. The van der Waals surface area contributed by atoms with Crippen molar-refractivity contribution in [3.8, 4) is 5.75 Å². The monoisotopic (exact) mass is 389 g/mol. The predicted octanol–water partition coefficient (Wildman–Crippen LogP) is 5.68. The standard InChI is InChI=1S/C20H24BrNO2/c1-14(2)18-7-4-6-15(3)20(18)22-19(23)8-5-13-24-17-11-9-16(21)10-12-17/h4,6-7,9-12,14H,5,8,13H2,1-3H3,(H,22,23). The van der Waals surface area contributed by atoms with Gasteiger partial charge >= 0.3 is 0 Å². The van der Waals surface area contributed by atoms with Gasteiger partial charge in [-0.1, -0.05) is 48.0 Å². The molecule has 0 radical (unpaired) electrons. The summed E-state index contributed by atoms with van der Waals surface area (Å²) in [5.41, 5.74) is 3.22. The molecule has 0 fully saturated rings. The van der Waals surface area contributed by atoms with E-state index in [0.29, 0.717) is 25.4 Å². The lowest BCUT2D eigenvalue weighted by atomic mass is 9.98. The summed E-state index contributed by atoms with van der Waals surface area (Å²) in [6, 6.07) is 13.8. The van der Waals surface area contributed by atoms with Crippen molar-refractivity contribution < 1.29 is 9.53 Å². The summed E-state index contributed by atoms with van der Waals surface area (Å²) in [4.78, 5) is 12.2. The van der Waals surface area contributed by atoms with Gasteiger partial charge in [-0.2, -0.15) is 0 Å². The first-order valence-electron chi connectivity index (χ1n) is 8.25. The Hall–Kier alpha value is -1.81. The molecule has 0 saturated carbocycles. The molecule has 1 amide bonds. The summed E-state index contributed by atoms with van der Waals surface area (Å²) in [7, 11) is 0. The molecule has 0 aromatic heterocycles. The number of hydrogen-bond acceptors (Lipinski definition) is 2. The summed E-state index contributed by atoms with van der Waals surface area (Å²) < 4.78 is 6.67. The fourth-order valence-corrected chi connectivity index (χ4v) is 2.76.